The second-order valence-electron chi connectivity index (χ2n) is 4.32. The fourth-order valence-electron chi connectivity index (χ4n) is 1.84. The van der Waals surface area contributed by atoms with Crippen LogP contribution in [0.1, 0.15) is 11.5 Å². The van der Waals surface area contributed by atoms with Gasteiger partial charge in [0.05, 0.1) is 12.2 Å². The molecule has 2 rings (SSSR count). The normalized spacial score (nSPS) is 10.3. The largest absolute Gasteiger partial charge is 0.480 e. The Hall–Kier alpha value is -2.14. The maximum atomic E-state index is 11.0. The number of aromatic nitrogens is 2. The van der Waals surface area contributed by atoms with Gasteiger partial charge in [-0.15, -0.1) is 0 Å². The van der Waals surface area contributed by atoms with Crippen molar-refractivity contribution in [2.45, 2.75) is 13.5 Å². The predicted octanol–water partition coefficient (Wildman–Crippen LogP) is 2.53. The molecule has 1 aromatic heterocycles. The van der Waals surface area contributed by atoms with Crippen LogP contribution in [0.3, 0.4) is 0 Å². The van der Waals surface area contributed by atoms with Crippen molar-refractivity contribution in [3.05, 3.63) is 53.1 Å². The van der Waals surface area contributed by atoms with Crippen molar-refractivity contribution in [2.24, 2.45) is 0 Å². The average molecular weight is 292 g/mol. The molecule has 2 aromatic rings. The molecule has 0 aliphatic rings. The summed E-state index contributed by atoms with van der Waals surface area (Å²) in [5, 5.41) is 9.64. The molecule has 104 valence electrons. The molecule has 0 radical (unpaired) electrons. The molecule has 0 aliphatic heterocycles. The Morgan fingerprint density at radius 3 is 2.60 bits per heavy atom. The Balaban J connectivity index is 2.23. The molecule has 0 atom stereocenters. The van der Waals surface area contributed by atoms with E-state index in [1.165, 1.54) is 0 Å². The lowest BCUT2D eigenvalue weighted by Gasteiger charge is -2.22. The van der Waals surface area contributed by atoms with Crippen molar-refractivity contribution in [1.82, 2.24) is 9.97 Å². The van der Waals surface area contributed by atoms with Crippen LogP contribution < -0.4 is 4.90 Å². The van der Waals surface area contributed by atoms with Crippen LogP contribution in [0.25, 0.3) is 0 Å². The highest BCUT2D eigenvalue weighted by Gasteiger charge is 2.12. The molecule has 0 bridgehead atoms. The summed E-state index contributed by atoms with van der Waals surface area (Å²) < 4.78 is 0. The van der Waals surface area contributed by atoms with Crippen molar-refractivity contribution < 1.29 is 9.90 Å². The summed E-state index contributed by atoms with van der Waals surface area (Å²) in [6.45, 7) is 2.09. The number of nitrogens with zero attached hydrogens (tertiary/aromatic N) is 3. The zero-order valence-electron chi connectivity index (χ0n) is 11.0. The minimum atomic E-state index is -0.897. The number of aryl methyl sites for hydroxylation is 1. The quantitative estimate of drug-likeness (QED) is 0.917. The SMILES string of the molecule is Cc1nccc(CN(CC(=O)O)c2ccc(Cl)cc2)n1. The van der Waals surface area contributed by atoms with Crippen LogP contribution in [0, 0.1) is 6.92 Å². The van der Waals surface area contributed by atoms with Gasteiger partial charge in [-0.05, 0) is 37.3 Å². The van der Waals surface area contributed by atoms with Gasteiger partial charge >= 0.3 is 5.97 Å². The average Bonchev–Trinajstić information content (AvgIpc) is 2.38. The number of aliphatic carboxylic acids is 1. The van der Waals surface area contributed by atoms with Crippen molar-refractivity contribution in [3.63, 3.8) is 0 Å². The fourth-order valence-corrected chi connectivity index (χ4v) is 1.97. The van der Waals surface area contributed by atoms with Crippen molar-refractivity contribution in [1.29, 1.82) is 0 Å². The molecular formula is C14H14ClN3O2. The van der Waals surface area contributed by atoms with Gasteiger partial charge in [-0.25, -0.2) is 9.97 Å². The smallest absolute Gasteiger partial charge is 0.323 e. The van der Waals surface area contributed by atoms with Crippen LogP contribution in [-0.4, -0.2) is 27.6 Å². The molecule has 0 fully saturated rings. The number of carboxylic acids is 1. The van der Waals surface area contributed by atoms with Crippen molar-refractivity contribution in [3.8, 4) is 0 Å². The molecule has 5 nitrogen and oxygen atoms in total. The summed E-state index contributed by atoms with van der Waals surface area (Å²) in [5.41, 5.74) is 1.56. The standard InChI is InChI=1S/C14H14ClN3O2/c1-10-16-7-6-12(17-10)8-18(9-14(19)20)13-4-2-11(15)3-5-13/h2-7H,8-9H2,1H3,(H,19,20). The first-order valence-corrected chi connectivity index (χ1v) is 6.43. The number of hydrogen-bond acceptors (Lipinski definition) is 4. The summed E-state index contributed by atoms with van der Waals surface area (Å²) in [6, 6.07) is 8.82. The second-order valence-corrected chi connectivity index (χ2v) is 4.76. The summed E-state index contributed by atoms with van der Waals surface area (Å²) >= 11 is 5.85. The highest BCUT2D eigenvalue weighted by Crippen LogP contribution is 2.19. The zero-order chi connectivity index (χ0) is 14.5. The Kier molecular flexibility index (Phi) is 4.53. The second kappa shape index (κ2) is 6.34. The first-order chi connectivity index (χ1) is 9.54. The molecule has 0 unspecified atom stereocenters. The van der Waals surface area contributed by atoms with E-state index in [4.69, 9.17) is 16.7 Å². The van der Waals surface area contributed by atoms with E-state index in [1.807, 2.05) is 0 Å². The first-order valence-electron chi connectivity index (χ1n) is 6.05. The highest BCUT2D eigenvalue weighted by molar-refractivity contribution is 6.30. The number of halogens is 1. The van der Waals surface area contributed by atoms with Crippen molar-refractivity contribution >= 4 is 23.3 Å². The number of benzene rings is 1. The minimum Gasteiger partial charge on any atom is -0.480 e. The lowest BCUT2D eigenvalue weighted by molar-refractivity contribution is -0.135. The Morgan fingerprint density at radius 1 is 1.30 bits per heavy atom. The third-order valence-corrected chi connectivity index (χ3v) is 2.96. The van der Waals surface area contributed by atoms with E-state index in [1.54, 1.807) is 48.4 Å². The molecule has 0 saturated heterocycles. The van der Waals surface area contributed by atoms with Gasteiger partial charge in [-0.3, -0.25) is 4.79 Å². The van der Waals surface area contributed by atoms with Gasteiger partial charge in [0.1, 0.15) is 12.4 Å². The summed E-state index contributed by atoms with van der Waals surface area (Å²) in [6.07, 6.45) is 1.67. The summed E-state index contributed by atoms with van der Waals surface area (Å²) in [7, 11) is 0. The van der Waals surface area contributed by atoms with E-state index in [0.717, 1.165) is 11.4 Å². The lowest BCUT2D eigenvalue weighted by atomic mass is 10.2. The maximum Gasteiger partial charge on any atom is 0.323 e. The van der Waals surface area contributed by atoms with Crippen LogP contribution in [0.15, 0.2) is 36.5 Å². The van der Waals surface area contributed by atoms with E-state index in [-0.39, 0.29) is 6.54 Å². The molecule has 20 heavy (non-hydrogen) atoms. The van der Waals surface area contributed by atoms with E-state index in [2.05, 4.69) is 9.97 Å². The van der Waals surface area contributed by atoms with Gasteiger partial charge < -0.3 is 10.0 Å². The van der Waals surface area contributed by atoms with Crippen LogP contribution in [0.4, 0.5) is 5.69 Å². The fraction of sp³-hybridized carbons (Fsp3) is 0.214. The van der Waals surface area contributed by atoms with Gasteiger partial charge in [0.2, 0.25) is 0 Å². The molecule has 1 heterocycles. The van der Waals surface area contributed by atoms with Gasteiger partial charge in [-0.1, -0.05) is 11.6 Å². The van der Waals surface area contributed by atoms with Gasteiger partial charge in [0, 0.05) is 16.9 Å². The Bertz CT molecular complexity index is 602. The topological polar surface area (TPSA) is 66.3 Å². The van der Waals surface area contributed by atoms with Crippen LogP contribution in [0.2, 0.25) is 5.02 Å². The summed E-state index contributed by atoms with van der Waals surface area (Å²) in [5.74, 6) is -0.236. The Labute approximate surface area is 121 Å². The molecule has 1 aromatic carbocycles. The van der Waals surface area contributed by atoms with Crippen LogP contribution >= 0.6 is 11.6 Å². The first kappa shape index (κ1) is 14.3. The maximum absolute atomic E-state index is 11.0. The van der Waals surface area contributed by atoms with Crippen LogP contribution in [0.5, 0.6) is 0 Å². The minimum absolute atomic E-state index is 0.106. The third-order valence-electron chi connectivity index (χ3n) is 2.70. The molecule has 0 saturated carbocycles. The highest BCUT2D eigenvalue weighted by atomic mass is 35.5. The Morgan fingerprint density at radius 2 is 2.00 bits per heavy atom. The van der Waals surface area contributed by atoms with Crippen LogP contribution in [-0.2, 0) is 11.3 Å². The van der Waals surface area contributed by atoms with E-state index >= 15 is 0 Å². The molecule has 6 heteroatoms. The zero-order valence-corrected chi connectivity index (χ0v) is 11.7. The molecule has 0 aliphatic carbocycles. The number of carbonyl (C=O) groups is 1. The lowest BCUT2D eigenvalue weighted by Crippen LogP contribution is -2.29. The monoisotopic (exact) mass is 291 g/mol. The molecule has 1 N–H and O–H groups in total. The number of anilines is 1. The summed E-state index contributed by atoms with van der Waals surface area (Å²) in [4.78, 5) is 21.0. The molecule has 0 amide bonds. The van der Waals surface area contributed by atoms with Crippen molar-refractivity contribution in [2.75, 3.05) is 11.4 Å². The molecule has 0 spiro atoms. The molecular weight excluding hydrogens is 278 g/mol. The van der Waals surface area contributed by atoms with E-state index in [0.29, 0.717) is 17.4 Å². The van der Waals surface area contributed by atoms with Gasteiger partial charge in [0.15, 0.2) is 0 Å². The van der Waals surface area contributed by atoms with Gasteiger partial charge in [0.25, 0.3) is 0 Å². The number of carboxylic acid groups (broad SMARTS) is 1. The van der Waals surface area contributed by atoms with E-state index in [9.17, 15) is 4.79 Å². The third kappa shape index (κ3) is 3.93. The van der Waals surface area contributed by atoms with E-state index < -0.39 is 5.97 Å². The van der Waals surface area contributed by atoms with Gasteiger partial charge in [-0.2, -0.15) is 0 Å². The predicted molar refractivity (Wildman–Crippen MR) is 76.9 cm³/mol. The number of hydrogen-bond donors (Lipinski definition) is 1. The number of rotatable bonds is 5.